The number of rotatable bonds is 4. The summed E-state index contributed by atoms with van der Waals surface area (Å²) < 4.78 is 11.5. The maximum Gasteiger partial charge on any atom is 0.122 e. The summed E-state index contributed by atoms with van der Waals surface area (Å²) in [6.07, 6.45) is 1.32. The highest BCUT2D eigenvalue weighted by molar-refractivity contribution is 5.33. The van der Waals surface area contributed by atoms with Crippen molar-refractivity contribution in [2.45, 2.75) is 32.4 Å². The van der Waals surface area contributed by atoms with E-state index in [0.29, 0.717) is 18.8 Å². The zero-order valence-electron chi connectivity index (χ0n) is 10.6. The van der Waals surface area contributed by atoms with Crippen molar-refractivity contribution in [2.75, 3.05) is 19.8 Å². The Kier molecular flexibility index (Phi) is 4.40. The van der Waals surface area contributed by atoms with E-state index in [0.717, 1.165) is 25.3 Å². The molecule has 2 atom stereocenters. The number of morpholine rings is 1. The van der Waals surface area contributed by atoms with Crippen LogP contribution >= 0.6 is 0 Å². The molecule has 0 radical (unpaired) electrons. The van der Waals surface area contributed by atoms with Crippen LogP contribution in [-0.4, -0.2) is 31.9 Å². The third kappa shape index (κ3) is 3.45. The Hall–Kier alpha value is -1.06. The molecule has 1 aliphatic heterocycles. The summed E-state index contributed by atoms with van der Waals surface area (Å²) in [5.41, 5.74) is 1.26. The first-order valence-electron chi connectivity index (χ1n) is 6.35. The highest BCUT2D eigenvalue weighted by Gasteiger charge is 2.18. The van der Waals surface area contributed by atoms with Crippen LogP contribution in [0.1, 0.15) is 19.4 Å². The van der Waals surface area contributed by atoms with Crippen LogP contribution in [-0.2, 0) is 11.2 Å². The first-order chi connectivity index (χ1) is 8.29. The lowest BCUT2D eigenvalue weighted by molar-refractivity contribution is 0.00449. The smallest absolute Gasteiger partial charge is 0.122 e. The van der Waals surface area contributed by atoms with Gasteiger partial charge in [-0.15, -0.1) is 0 Å². The monoisotopic (exact) mass is 235 g/mol. The van der Waals surface area contributed by atoms with Crippen molar-refractivity contribution in [1.82, 2.24) is 5.32 Å². The van der Waals surface area contributed by atoms with E-state index >= 15 is 0 Å². The van der Waals surface area contributed by atoms with Gasteiger partial charge in [-0.25, -0.2) is 0 Å². The van der Waals surface area contributed by atoms with Crippen LogP contribution in [0.15, 0.2) is 24.3 Å². The topological polar surface area (TPSA) is 30.5 Å². The fourth-order valence-corrected chi connectivity index (χ4v) is 1.97. The van der Waals surface area contributed by atoms with Gasteiger partial charge in [-0.3, -0.25) is 0 Å². The average molecular weight is 235 g/mol. The first kappa shape index (κ1) is 12.4. The highest BCUT2D eigenvalue weighted by Crippen LogP contribution is 2.18. The summed E-state index contributed by atoms with van der Waals surface area (Å²) in [4.78, 5) is 0. The van der Waals surface area contributed by atoms with Crippen molar-refractivity contribution in [3.8, 4) is 5.75 Å². The van der Waals surface area contributed by atoms with Crippen molar-refractivity contribution < 1.29 is 9.47 Å². The van der Waals surface area contributed by atoms with E-state index in [2.05, 4.69) is 31.3 Å². The molecule has 3 nitrogen and oxygen atoms in total. The SMILES string of the molecule is CCc1ccccc1OCC1COC(C)CN1. The zero-order valence-corrected chi connectivity index (χ0v) is 10.6. The first-order valence-corrected chi connectivity index (χ1v) is 6.35. The summed E-state index contributed by atoms with van der Waals surface area (Å²) in [7, 11) is 0. The standard InChI is InChI=1S/C14H21NO2/c1-3-12-6-4-5-7-14(12)17-10-13-9-16-11(2)8-15-13/h4-7,11,13,15H,3,8-10H2,1-2H3. The Labute approximate surface area is 103 Å². The van der Waals surface area contributed by atoms with E-state index in [9.17, 15) is 0 Å². The van der Waals surface area contributed by atoms with Crippen LogP contribution in [0.25, 0.3) is 0 Å². The molecule has 94 valence electrons. The fourth-order valence-electron chi connectivity index (χ4n) is 1.97. The number of hydrogen-bond acceptors (Lipinski definition) is 3. The molecule has 0 aromatic heterocycles. The Morgan fingerprint density at radius 3 is 2.94 bits per heavy atom. The van der Waals surface area contributed by atoms with Gasteiger partial charge in [-0.2, -0.15) is 0 Å². The second-order valence-electron chi connectivity index (χ2n) is 4.52. The van der Waals surface area contributed by atoms with Crippen molar-refractivity contribution >= 4 is 0 Å². The molecule has 0 amide bonds. The van der Waals surface area contributed by atoms with Gasteiger partial charge in [-0.1, -0.05) is 25.1 Å². The molecule has 0 aliphatic carbocycles. The molecule has 1 heterocycles. The molecular weight excluding hydrogens is 214 g/mol. The molecule has 0 bridgehead atoms. The Balaban J connectivity index is 1.85. The van der Waals surface area contributed by atoms with Crippen LogP contribution in [0, 0.1) is 0 Å². The number of nitrogens with one attached hydrogen (secondary N) is 1. The molecule has 1 aromatic carbocycles. The molecule has 0 saturated carbocycles. The lowest BCUT2D eigenvalue weighted by Crippen LogP contribution is -2.48. The number of benzene rings is 1. The molecule has 0 spiro atoms. The van der Waals surface area contributed by atoms with E-state index in [1.54, 1.807) is 0 Å². The summed E-state index contributed by atoms with van der Waals surface area (Å²) >= 11 is 0. The summed E-state index contributed by atoms with van der Waals surface area (Å²) in [6, 6.07) is 8.51. The predicted octanol–water partition coefficient (Wildman–Crippen LogP) is 2.00. The Bertz CT molecular complexity index is 346. The van der Waals surface area contributed by atoms with E-state index < -0.39 is 0 Å². The van der Waals surface area contributed by atoms with Gasteiger partial charge in [0.2, 0.25) is 0 Å². The van der Waals surface area contributed by atoms with E-state index in [4.69, 9.17) is 9.47 Å². The van der Waals surface area contributed by atoms with Gasteiger partial charge < -0.3 is 14.8 Å². The molecule has 1 fully saturated rings. The molecule has 1 N–H and O–H groups in total. The second kappa shape index (κ2) is 6.03. The van der Waals surface area contributed by atoms with Crippen molar-refractivity contribution in [2.24, 2.45) is 0 Å². The molecule has 17 heavy (non-hydrogen) atoms. The second-order valence-corrected chi connectivity index (χ2v) is 4.52. The summed E-state index contributed by atoms with van der Waals surface area (Å²) in [5, 5.41) is 3.43. The van der Waals surface area contributed by atoms with Gasteiger partial charge in [0.1, 0.15) is 12.4 Å². The molecule has 2 rings (SSSR count). The van der Waals surface area contributed by atoms with Crippen LogP contribution in [0.2, 0.25) is 0 Å². The van der Waals surface area contributed by atoms with Gasteiger partial charge in [0.15, 0.2) is 0 Å². The number of para-hydroxylation sites is 1. The molecular formula is C14H21NO2. The third-order valence-electron chi connectivity index (χ3n) is 3.07. The normalized spacial score (nSPS) is 24.6. The minimum absolute atomic E-state index is 0.302. The van der Waals surface area contributed by atoms with Crippen LogP contribution in [0.4, 0.5) is 0 Å². The van der Waals surface area contributed by atoms with Crippen LogP contribution in [0.5, 0.6) is 5.75 Å². The van der Waals surface area contributed by atoms with Crippen LogP contribution < -0.4 is 10.1 Å². The summed E-state index contributed by atoms with van der Waals surface area (Å²) in [5.74, 6) is 0.996. The van der Waals surface area contributed by atoms with Crippen molar-refractivity contribution in [3.63, 3.8) is 0 Å². The molecule has 1 aliphatic rings. The lowest BCUT2D eigenvalue weighted by Gasteiger charge is -2.28. The van der Waals surface area contributed by atoms with Gasteiger partial charge in [0.25, 0.3) is 0 Å². The third-order valence-corrected chi connectivity index (χ3v) is 3.07. The van der Waals surface area contributed by atoms with Gasteiger partial charge >= 0.3 is 0 Å². The Morgan fingerprint density at radius 1 is 1.41 bits per heavy atom. The van der Waals surface area contributed by atoms with Gasteiger partial charge in [0.05, 0.1) is 18.8 Å². The predicted molar refractivity (Wildman–Crippen MR) is 68.5 cm³/mol. The largest absolute Gasteiger partial charge is 0.492 e. The van der Waals surface area contributed by atoms with Gasteiger partial charge in [-0.05, 0) is 25.0 Å². The van der Waals surface area contributed by atoms with Gasteiger partial charge in [0, 0.05) is 6.54 Å². The number of ether oxygens (including phenoxy) is 2. The Morgan fingerprint density at radius 2 is 2.24 bits per heavy atom. The lowest BCUT2D eigenvalue weighted by atomic mass is 10.1. The minimum Gasteiger partial charge on any atom is -0.492 e. The molecule has 3 heteroatoms. The molecule has 1 saturated heterocycles. The maximum absolute atomic E-state index is 5.86. The minimum atomic E-state index is 0.302. The van der Waals surface area contributed by atoms with E-state index in [1.807, 2.05) is 12.1 Å². The molecule has 1 aromatic rings. The zero-order chi connectivity index (χ0) is 12.1. The van der Waals surface area contributed by atoms with E-state index in [1.165, 1.54) is 5.56 Å². The van der Waals surface area contributed by atoms with Crippen molar-refractivity contribution in [3.05, 3.63) is 29.8 Å². The number of aryl methyl sites for hydroxylation is 1. The van der Waals surface area contributed by atoms with E-state index in [-0.39, 0.29) is 0 Å². The highest BCUT2D eigenvalue weighted by atomic mass is 16.5. The van der Waals surface area contributed by atoms with Crippen molar-refractivity contribution in [1.29, 1.82) is 0 Å². The quantitative estimate of drug-likeness (QED) is 0.866. The maximum atomic E-state index is 5.86. The summed E-state index contributed by atoms with van der Waals surface area (Å²) in [6.45, 7) is 6.53. The number of hydrogen-bond donors (Lipinski definition) is 1. The van der Waals surface area contributed by atoms with Crippen LogP contribution in [0.3, 0.4) is 0 Å². The average Bonchev–Trinajstić information content (AvgIpc) is 2.38. The molecule has 2 unspecified atom stereocenters. The fraction of sp³-hybridized carbons (Fsp3) is 0.571.